The van der Waals surface area contributed by atoms with Gasteiger partial charge in [-0.15, -0.1) is 0 Å². The van der Waals surface area contributed by atoms with Crippen LogP contribution in [0.15, 0.2) is 24.3 Å². The molecule has 4 N–H and O–H groups in total. The van der Waals surface area contributed by atoms with E-state index >= 15 is 0 Å². The SMILES string of the molecule is CCC/C=C\C/C=C\CCCCCCCC(=O)OC(COC(=O)CCCCCCCCCCC)COP(=O)(O)OCC(N)C(=O)O. The molecule has 0 saturated heterocycles. The zero-order valence-electron chi connectivity index (χ0n) is 28.4. The summed E-state index contributed by atoms with van der Waals surface area (Å²) >= 11 is 0. The van der Waals surface area contributed by atoms with E-state index in [4.69, 9.17) is 24.8 Å². The molecular weight excluding hydrogens is 613 g/mol. The van der Waals surface area contributed by atoms with Crippen molar-refractivity contribution in [3.63, 3.8) is 0 Å². The number of esters is 2. The van der Waals surface area contributed by atoms with Crippen molar-refractivity contribution in [2.45, 2.75) is 154 Å². The van der Waals surface area contributed by atoms with Crippen molar-refractivity contribution in [3.8, 4) is 0 Å². The summed E-state index contributed by atoms with van der Waals surface area (Å²) in [6.45, 7) is 2.66. The Balaban J connectivity index is 4.52. The maximum Gasteiger partial charge on any atom is 0.472 e. The fourth-order valence-corrected chi connectivity index (χ4v) is 5.17. The van der Waals surface area contributed by atoms with Gasteiger partial charge >= 0.3 is 25.7 Å². The number of ether oxygens (including phenoxy) is 2. The van der Waals surface area contributed by atoms with Crippen molar-refractivity contribution in [1.82, 2.24) is 0 Å². The molecule has 0 radical (unpaired) electrons. The van der Waals surface area contributed by atoms with Crippen LogP contribution in [0.3, 0.4) is 0 Å². The minimum atomic E-state index is -4.70. The van der Waals surface area contributed by atoms with Crippen molar-refractivity contribution in [3.05, 3.63) is 24.3 Å². The van der Waals surface area contributed by atoms with Crippen LogP contribution in [0.5, 0.6) is 0 Å². The van der Waals surface area contributed by atoms with Crippen molar-refractivity contribution in [2.24, 2.45) is 5.73 Å². The van der Waals surface area contributed by atoms with E-state index < -0.39 is 51.1 Å². The van der Waals surface area contributed by atoms with Crippen LogP contribution >= 0.6 is 7.82 Å². The maximum atomic E-state index is 12.5. The van der Waals surface area contributed by atoms with Gasteiger partial charge in [-0.05, 0) is 38.5 Å². The zero-order chi connectivity index (χ0) is 34.3. The molecule has 0 aliphatic heterocycles. The van der Waals surface area contributed by atoms with Crippen LogP contribution in [0.4, 0.5) is 0 Å². The van der Waals surface area contributed by atoms with E-state index in [1.165, 1.54) is 32.1 Å². The van der Waals surface area contributed by atoms with Gasteiger partial charge in [-0.1, -0.05) is 115 Å². The van der Waals surface area contributed by atoms with Gasteiger partial charge in [0.25, 0.3) is 0 Å². The molecule has 3 unspecified atom stereocenters. The summed E-state index contributed by atoms with van der Waals surface area (Å²) in [5, 5.41) is 8.83. The number of carbonyl (C=O) groups excluding carboxylic acids is 2. The van der Waals surface area contributed by atoms with Gasteiger partial charge < -0.3 is 25.2 Å². The van der Waals surface area contributed by atoms with E-state index in [0.717, 1.165) is 70.6 Å². The van der Waals surface area contributed by atoms with Crippen LogP contribution in [0, 0.1) is 0 Å². The molecule has 46 heavy (non-hydrogen) atoms. The van der Waals surface area contributed by atoms with E-state index in [9.17, 15) is 23.8 Å². The molecule has 0 spiro atoms. The highest BCUT2D eigenvalue weighted by atomic mass is 31.2. The first-order chi connectivity index (χ1) is 22.1. The second-order valence-corrected chi connectivity index (χ2v) is 13.1. The van der Waals surface area contributed by atoms with Gasteiger partial charge in [0, 0.05) is 12.8 Å². The average Bonchev–Trinajstić information content (AvgIpc) is 3.02. The lowest BCUT2D eigenvalue weighted by Gasteiger charge is -2.20. The number of phosphoric acid groups is 1. The van der Waals surface area contributed by atoms with Gasteiger partial charge in [0.1, 0.15) is 12.6 Å². The Bertz CT molecular complexity index is 895. The Hall–Kier alpha value is -2.04. The number of allylic oxidation sites excluding steroid dienone is 4. The number of carboxylic acids is 1. The van der Waals surface area contributed by atoms with Crippen molar-refractivity contribution < 1.29 is 47.5 Å². The summed E-state index contributed by atoms with van der Waals surface area (Å²) < 4.78 is 32.4. The van der Waals surface area contributed by atoms with Crippen molar-refractivity contribution in [2.75, 3.05) is 19.8 Å². The fourth-order valence-electron chi connectivity index (χ4n) is 4.39. The van der Waals surface area contributed by atoms with Gasteiger partial charge in [-0.25, -0.2) is 4.57 Å². The maximum absolute atomic E-state index is 12.5. The van der Waals surface area contributed by atoms with E-state index in [1.54, 1.807) is 0 Å². The second kappa shape index (κ2) is 30.3. The third kappa shape index (κ3) is 29.4. The van der Waals surface area contributed by atoms with Gasteiger partial charge in [-0.3, -0.25) is 23.4 Å². The summed E-state index contributed by atoms with van der Waals surface area (Å²) in [7, 11) is -4.70. The quantitative estimate of drug-likeness (QED) is 0.0273. The Labute approximate surface area is 277 Å². The van der Waals surface area contributed by atoms with E-state index in [2.05, 4.69) is 42.7 Å². The lowest BCUT2D eigenvalue weighted by molar-refractivity contribution is -0.161. The number of hydrogen-bond acceptors (Lipinski definition) is 9. The number of rotatable bonds is 32. The lowest BCUT2D eigenvalue weighted by atomic mass is 10.1. The second-order valence-electron chi connectivity index (χ2n) is 11.7. The monoisotopic (exact) mass is 675 g/mol. The molecule has 0 rings (SSSR count). The Kier molecular flexibility index (Phi) is 29.0. The molecule has 0 aliphatic rings. The van der Waals surface area contributed by atoms with Crippen molar-refractivity contribution in [1.29, 1.82) is 0 Å². The highest BCUT2D eigenvalue weighted by molar-refractivity contribution is 7.47. The van der Waals surface area contributed by atoms with Gasteiger partial charge in [0.2, 0.25) is 0 Å². The molecule has 0 aliphatic carbocycles. The molecule has 0 fully saturated rings. The van der Waals surface area contributed by atoms with Crippen LogP contribution in [-0.4, -0.2) is 59.9 Å². The number of unbranched alkanes of at least 4 members (excludes halogenated alkanes) is 14. The third-order valence-corrected chi connectivity index (χ3v) is 8.13. The van der Waals surface area contributed by atoms with Gasteiger partial charge in [0.15, 0.2) is 6.10 Å². The molecule has 268 valence electrons. The van der Waals surface area contributed by atoms with Gasteiger partial charge in [0.05, 0.1) is 13.2 Å². The van der Waals surface area contributed by atoms with Crippen molar-refractivity contribution >= 4 is 25.7 Å². The molecule has 0 amide bonds. The molecule has 11 nitrogen and oxygen atoms in total. The Morgan fingerprint density at radius 3 is 1.78 bits per heavy atom. The first-order valence-electron chi connectivity index (χ1n) is 17.4. The van der Waals surface area contributed by atoms with Gasteiger partial charge in [-0.2, -0.15) is 0 Å². The average molecular weight is 676 g/mol. The molecule has 0 heterocycles. The normalized spacial score (nSPS) is 14.3. The van der Waals surface area contributed by atoms with Crippen LogP contribution in [0.25, 0.3) is 0 Å². The lowest BCUT2D eigenvalue weighted by Crippen LogP contribution is -2.34. The smallest absolute Gasteiger partial charge is 0.472 e. The summed E-state index contributed by atoms with van der Waals surface area (Å²) in [4.78, 5) is 45.5. The van der Waals surface area contributed by atoms with Crippen LogP contribution in [-0.2, 0) is 37.5 Å². The topological polar surface area (TPSA) is 172 Å². The number of aliphatic carboxylic acids is 1. The standard InChI is InChI=1S/C34H62NO10P/c1-3-5-7-9-11-13-14-15-16-18-20-22-24-26-33(37)45-30(28-43-46(40,41)44-29-31(35)34(38)39)27-42-32(36)25-23-21-19-17-12-10-8-6-4-2/h7,9,13-14,30-31H,3-6,8,10-12,15-29,35H2,1-2H3,(H,38,39)(H,40,41)/b9-7-,14-13-. The Morgan fingerprint density at radius 2 is 1.20 bits per heavy atom. The number of hydrogen-bond donors (Lipinski definition) is 3. The molecule has 0 aromatic rings. The predicted molar refractivity (Wildman–Crippen MR) is 180 cm³/mol. The summed E-state index contributed by atoms with van der Waals surface area (Å²) in [5.41, 5.74) is 5.30. The summed E-state index contributed by atoms with van der Waals surface area (Å²) in [6.07, 6.45) is 26.9. The summed E-state index contributed by atoms with van der Waals surface area (Å²) in [5.74, 6) is -2.40. The molecule has 0 aromatic carbocycles. The van der Waals surface area contributed by atoms with Crippen LogP contribution < -0.4 is 5.73 Å². The highest BCUT2D eigenvalue weighted by Gasteiger charge is 2.28. The molecule has 12 heteroatoms. The minimum absolute atomic E-state index is 0.146. The zero-order valence-corrected chi connectivity index (χ0v) is 29.3. The highest BCUT2D eigenvalue weighted by Crippen LogP contribution is 2.43. The molecule has 0 bridgehead atoms. The molecule has 3 atom stereocenters. The first-order valence-corrected chi connectivity index (χ1v) is 18.9. The number of phosphoric ester groups is 1. The molecule has 0 aromatic heterocycles. The van der Waals surface area contributed by atoms with E-state index in [0.29, 0.717) is 12.8 Å². The summed E-state index contributed by atoms with van der Waals surface area (Å²) in [6, 6.07) is -1.52. The van der Waals surface area contributed by atoms with E-state index in [1.807, 2.05) is 0 Å². The van der Waals surface area contributed by atoms with Crippen LogP contribution in [0.1, 0.15) is 142 Å². The number of carboxylic acid groups (broad SMARTS) is 1. The number of carbonyl (C=O) groups is 3. The third-order valence-electron chi connectivity index (χ3n) is 7.18. The Morgan fingerprint density at radius 1 is 0.674 bits per heavy atom. The molecular formula is C34H62NO10P. The molecule has 0 saturated carbocycles. The largest absolute Gasteiger partial charge is 0.480 e. The fraction of sp³-hybridized carbons (Fsp3) is 0.794. The minimum Gasteiger partial charge on any atom is -0.480 e. The predicted octanol–water partition coefficient (Wildman–Crippen LogP) is 7.94. The number of nitrogens with two attached hydrogens (primary N) is 1. The first kappa shape index (κ1) is 44.0. The van der Waals surface area contributed by atoms with E-state index in [-0.39, 0.29) is 19.4 Å². The van der Waals surface area contributed by atoms with Crippen LogP contribution in [0.2, 0.25) is 0 Å².